The van der Waals surface area contributed by atoms with Crippen molar-refractivity contribution in [1.29, 1.82) is 0 Å². The molecule has 0 aliphatic rings. The van der Waals surface area contributed by atoms with Crippen LogP contribution in [0, 0.1) is 0 Å². The van der Waals surface area contributed by atoms with E-state index in [-0.39, 0.29) is 5.78 Å². The average molecular weight is 411 g/mol. The molecule has 2 aromatic carbocycles. The maximum Gasteiger partial charge on any atom is 0.164 e. The number of rotatable bonds is 6. The van der Waals surface area contributed by atoms with Gasteiger partial charge in [-0.25, -0.2) is 0 Å². The fourth-order valence-electron chi connectivity index (χ4n) is 2.07. The molecule has 0 saturated carbocycles. The van der Waals surface area contributed by atoms with Gasteiger partial charge in [-0.15, -0.1) is 0 Å². The highest BCUT2D eigenvalue weighted by Gasteiger charge is 2.09. The summed E-state index contributed by atoms with van der Waals surface area (Å²) in [4.78, 5) is 14.3. The largest absolute Gasteiger partial charge is 0.302 e. The van der Waals surface area contributed by atoms with Gasteiger partial charge in [0.05, 0.1) is 0 Å². The van der Waals surface area contributed by atoms with E-state index >= 15 is 0 Å². The van der Waals surface area contributed by atoms with Gasteiger partial charge >= 0.3 is 0 Å². The number of hydrogen-bond donors (Lipinski definition) is 0. The van der Waals surface area contributed by atoms with E-state index in [1.165, 1.54) is 5.56 Å². The molecule has 0 atom stereocenters. The summed E-state index contributed by atoms with van der Waals surface area (Å²) in [6, 6.07) is 15.7. The zero-order valence-corrected chi connectivity index (χ0v) is 15.0. The Labute approximate surface area is 142 Å². The number of halogens is 2. The number of hydrogen-bond acceptors (Lipinski definition) is 2. The second-order valence-corrected chi connectivity index (χ2v) is 6.78. The van der Waals surface area contributed by atoms with E-state index < -0.39 is 0 Å². The molecule has 110 valence electrons. The molecule has 0 spiro atoms. The molecule has 0 unspecified atom stereocenters. The third kappa shape index (κ3) is 5.06. The van der Waals surface area contributed by atoms with Crippen molar-refractivity contribution < 1.29 is 4.79 Å². The van der Waals surface area contributed by atoms with Crippen molar-refractivity contribution in [1.82, 2.24) is 4.90 Å². The quantitative estimate of drug-likeness (QED) is 0.630. The minimum Gasteiger partial charge on any atom is -0.302 e. The van der Waals surface area contributed by atoms with Crippen molar-refractivity contribution in [3.63, 3.8) is 0 Å². The highest BCUT2D eigenvalue weighted by atomic mass is 79.9. The van der Waals surface area contributed by atoms with Crippen molar-refractivity contribution in [2.24, 2.45) is 0 Å². The molecular formula is C17H17Br2NO. The number of ketones is 1. The first-order valence-electron chi connectivity index (χ1n) is 6.77. The lowest BCUT2D eigenvalue weighted by atomic mass is 10.1. The average Bonchev–Trinajstić information content (AvgIpc) is 2.48. The maximum absolute atomic E-state index is 12.1. The van der Waals surface area contributed by atoms with Crippen molar-refractivity contribution in [2.75, 3.05) is 13.6 Å². The summed E-state index contributed by atoms with van der Waals surface area (Å²) < 4.78 is 2.10. The summed E-state index contributed by atoms with van der Waals surface area (Å²) >= 11 is 6.93. The zero-order chi connectivity index (χ0) is 15.2. The van der Waals surface area contributed by atoms with Crippen LogP contribution in [-0.4, -0.2) is 24.3 Å². The zero-order valence-electron chi connectivity index (χ0n) is 11.9. The Morgan fingerprint density at radius 2 is 1.71 bits per heavy atom. The Morgan fingerprint density at radius 1 is 1.05 bits per heavy atom. The number of carbonyl (C=O) groups excluding carboxylic acids is 1. The minimum absolute atomic E-state index is 0.182. The second-order valence-electron chi connectivity index (χ2n) is 5.01. The lowest BCUT2D eigenvalue weighted by Crippen LogP contribution is -2.21. The van der Waals surface area contributed by atoms with Crippen LogP contribution >= 0.6 is 31.9 Å². The van der Waals surface area contributed by atoms with E-state index in [4.69, 9.17) is 0 Å². The summed E-state index contributed by atoms with van der Waals surface area (Å²) in [7, 11) is 2.04. The fraction of sp³-hybridized carbons (Fsp3) is 0.235. The molecule has 0 aliphatic heterocycles. The summed E-state index contributed by atoms with van der Waals surface area (Å²) in [6.45, 7) is 1.57. The predicted molar refractivity (Wildman–Crippen MR) is 93.6 cm³/mol. The molecule has 0 heterocycles. The summed E-state index contributed by atoms with van der Waals surface area (Å²) in [6.07, 6.45) is 0.530. The van der Waals surface area contributed by atoms with Crippen LogP contribution < -0.4 is 0 Å². The van der Waals surface area contributed by atoms with Crippen LogP contribution in [0.4, 0.5) is 0 Å². The van der Waals surface area contributed by atoms with Gasteiger partial charge in [0.25, 0.3) is 0 Å². The van der Waals surface area contributed by atoms with Crippen molar-refractivity contribution in [3.8, 4) is 0 Å². The lowest BCUT2D eigenvalue weighted by Gasteiger charge is -2.17. The first kappa shape index (κ1) is 16.4. The van der Waals surface area contributed by atoms with Crippen LogP contribution in [0.3, 0.4) is 0 Å². The first-order chi connectivity index (χ1) is 10.1. The summed E-state index contributed by atoms with van der Waals surface area (Å²) in [5, 5.41) is 0. The molecular weight excluding hydrogens is 394 g/mol. The standard InChI is InChI=1S/C17H17Br2NO/c1-20(12-14-4-2-3-5-16(14)19)11-10-17(21)13-6-8-15(18)9-7-13/h2-9H,10-12H2,1H3. The third-order valence-corrected chi connectivity index (χ3v) is 4.59. The molecule has 21 heavy (non-hydrogen) atoms. The van der Waals surface area contributed by atoms with Gasteiger partial charge in [-0.1, -0.05) is 62.2 Å². The monoisotopic (exact) mass is 409 g/mol. The molecule has 2 rings (SSSR count). The van der Waals surface area contributed by atoms with E-state index in [9.17, 15) is 4.79 Å². The van der Waals surface area contributed by atoms with Crippen LogP contribution in [-0.2, 0) is 6.54 Å². The normalized spacial score (nSPS) is 10.9. The molecule has 2 nitrogen and oxygen atoms in total. The Bertz CT molecular complexity index is 610. The van der Waals surface area contributed by atoms with Crippen LogP contribution in [0.2, 0.25) is 0 Å². The maximum atomic E-state index is 12.1. The van der Waals surface area contributed by atoms with E-state index in [1.807, 2.05) is 49.5 Å². The highest BCUT2D eigenvalue weighted by Crippen LogP contribution is 2.17. The van der Waals surface area contributed by atoms with Gasteiger partial charge < -0.3 is 4.90 Å². The first-order valence-corrected chi connectivity index (χ1v) is 8.35. The van der Waals surface area contributed by atoms with Gasteiger partial charge in [0, 0.05) is 34.0 Å². The van der Waals surface area contributed by atoms with Crippen molar-refractivity contribution in [3.05, 3.63) is 68.6 Å². The molecule has 0 bridgehead atoms. The van der Waals surface area contributed by atoms with Gasteiger partial charge in [0.15, 0.2) is 5.78 Å². The van der Waals surface area contributed by atoms with Crippen LogP contribution in [0.1, 0.15) is 22.3 Å². The molecule has 2 aromatic rings. The Morgan fingerprint density at radius 3 is 2.38 bits per heavy atom. The predicted octanol–water partition coefficient (Wildman–Crippen LogP) is 4.92. The van der Waals surface area contributed by atoms with Gasteiger partial charge in [-0.2, -0.15) is 0 Å². The Kier molecular flexibility index (Phi) is 6.15. The minimum atomic E-state index is 0.182. The van der Waals surface area contributed by atoms with E-state index in [0.717, 1.165) is 27.6 Å². The Balaban J connectivity index is 1.86. The Hall–Kier alpha value is -0.970. The van der Waals surface area contributed by atoms with Gasteiger partial charge in [0.2, 0.25) is 0 Å². The molecule has 0 aliphatic carbocycles. The number of Topliss-reactive ketones (excluding diaryl/α,β-unsaturated/α-hetero) is 1. The summed E-state index contributed by atoms with van der Waals surface area (Å²) in [5.41, 5.74) is 2.00. The van der Waals surface area contributed by atoms with Crippen LogP contribution in [0.5, 0.6) is 0 Å². The molecule has 0 radical (unpaired) electrons. The molecule has 0 aromatic heterocycles. The lowest BCUT2D eigenvalue weighted by molar-refractivity contribution is 0.0968. The van der Waals surface area contributed by atoms with Gasteiger partial charge in [-0.05, 0) is 30.8 Å². The van der Waals surface area contributed by atoms with Crippen molar-refractivity contribution in [2.45, 2.75) is 13.0 Å². The molecule has 0 saturated heterocycles. The fourth-order valence-corrected chi connectivity index (χ4v) is 2.74. The highest BCUT2D eigenvalue weighted by molar-refractivity contribution is 9.10. The van der Waals surface area contributed by atoms with Gasteiger partial charge in [0.1, 0.15) is 0 Å². The molecule has 0 fully saturated rings. The van der Waals surface area contributed by atoms with E-state index in [0.29, 0.717) is 6.42 Å². The number of nitrogens with zero attached hydrogens (tertiary/aromatic N) is 1. The molecule has 0 N–H and O–H groups in total. The second kappa shape index (κ2) is 7.87. The smallest absolute Gasteiger partial charge is 0.164 e. The third-order valence-electron chi connectivity index (χ3n) is 3.28. The topological polar surface area (TPSA) is 20.3 Å². The van der Waals surface area contributed by atoms with Crippen LogP contribution in [0.25, 0.3) is 0 Å². The van der Waals surface area contributed by atoms with E-state index in [1.54, 1.807) is 0 Å². The SMILES string of the molecule is CN(CCC(=O)c1ccc(Br)cc1)Cc1ccccc1Br. The molecule has 0 amide bonds. The van der Waals surface area contributed by atoms with Gasteiger partial charge in [-0.3, -0.25) is 4.79 Å². The molecule has 4 heteroatoms. The van der Waals surface area contributed by atoms with E-state index in [2.05, 4.69) is 42.8 Å². The summed E-state index contributed by atoms with van der Waals surface area (Å²) in [5.74, 6) is 0.182. The number of carbonyl (C=O) groups is 1. The van der Waals surface area contributed by atoms with Crippen molar-refractivity contribution >= 4 is 37.6 Å². The number of benzene rings is 2. The van der Waals surface area contributed by atoms with Crippen LogP contribution in [0.15, 0.2) is 57.5 Å².